The highest BCUT2D eigenvalue weighted by Gasteiger charge is 2.07. The largest absolute Gasteiger partial charge is 0.398 e. The Bertz CT molecular complexity index is 577. The van der Waals surface area contributed by atoms with E-state index in [0.717, 1.165) is 5.69 Å². The molecular weight excluding hydrogens is 232 g/mol. The number of nitrogens with zero attached hydrogens (tertiary/aromatic N) is 3. The number of carbonyl (C=O) groups is 1. The van der Waals surface area contributed by atoms with Gasteiger partial charge in [-0.15, -0.1) is 0 Å². The molecule has 5 N–H and O–H groups in total. The molecule has 7 nitrogen and oxygen atoms in total. The van der Waals surface area contributed by atoms with E-state index in [2.05, 4.69) is 15.4 Å². The van der Waals surface area contributed by atoms with Crippen molar-refractivity contribution in [3.8, 4) is 0 Å². The van der Waals surface area contributed by atoms with Crippen LogP contribution in [-0.2, 0) is 13.6 Å². The van der Waals surface area contributed by atoms with Gasteiger partial charge in [-0.05, 0) is 18.2 Å². The van der Waals surface area contributed by atoms with Gasteiger partial charge in [0.25, 0.3) is 5.91 Å². The topological polar surface area (TPSA) is 112 Å². The summed E-state index contributed by atoms with van der Waals surface area (Å²) in [5.41, 5.74) is 12.3. The van der Waals surface area contributed by atoms with Crippen LogP contribution < -0.4 is 16.8 Å². The van der Waals surface area contributed by atoms with Gasteiger partial charge in [-0.1, -0.05) is 0 Å². The van der Waals surface area contributed by atoms with E-state index in [1.165, 1.54) is 0 Å². The van der Waals surface area contributed by atoms with Gasteiger partial charge in [-0.25, -0.2) is 4.98 Å². The van der Waals surface area contributed by atoms with Gasteiger partial charge in [0.2, 0.25) is 0 Å². The van der Waals surface area contributed by atoms with E-state index in [-0.39, 0.29) is 0 Å². The second-order valence-electron chi connectivity index (χ2n) is 3.85. The number of nitrogen functional groups attached to an aromatic ring is 1. The second kappa shape index (κ2) is 4.74. The fourth-order valence-electron chi connectivity index (χ4n) is 1.53. The van der Waals surface area contributed by atoms with Gasteiger partial charge in [0.1, 0.15) is 6.33 Å². The normalized spacial score (nSPS) is 10.3. The Kier molecular flexibility index (Phi) is 3.13. The maximum atomic E-state index is 11.1. The van der Waals surface area contributed by atoms with Gasteiger partial charge < -0.3 is 16.8 Å². The number of hydrogen-bond donors (Lipinski definition) is 3. The van der Waals surface area contributed by atoms with Crippen LogP contribution in [0.3, 0.4) is 0 Å². The number of carbonyl (C=O) groups excluding carboxylic acids is 1. The van der Waals surface area contributed by atoms with E-state index in [0.29, 0.717) is 23.6 Å². The van der Waals surface area contributed by atoms with Crippen LogP contribution in [0.1, 0.15) is 16.2 Å². The number of aryl methyl sites for hydroxylation is 1. The first-order valence-corrected chi connectivity index (χ1v) is 5.34. The molecule has 0 aliphatic heterocycles. The van der Waals surface area contributed by atoms with Gasteiger partial charge in [-0.2, -0.15) is 5.10 Å². The maximum Gasteiger partial charge on any atom is 0.250 e. The minimum atomic E-state index is -0.549. The molecule has 1 amide bonds. The average Bonchev–Trinajstić information content (AvgIpc) is 2.74. The summed E-state index contributed by atoms with van der Waals surface area (Å²) < 4.78 is 1.62. The summed E-state index contributed by atoms with van der Waals surface area (Å²) in [7, 11) is 1.80. The van der Waals surface area contributed by atoms with Crippen molar-refractivity contribution in [2.45, 2.75) is 6.54 Å². The number of primary amides is 1. The molecule has 18 heavy (non-hydrogen) atoms. The molecule has 94 valence electrons. The minimum absolute atomic E-state index is 0.300. The van der Waals surface area contributed by atoms with Gasteiger partial charge >= 0.3 is 0 Å². The predicted molar refractivity (Wildman–Crippen MR) is 67.7 cm³/mol. The Labute approximate surface area is 104 Å². The van der Waals surface area contributed by atoms with Gasteiger partial charge in [0, 0.05) is 18.4 Å². The third kappa shape index (κ3) is 2.57. The number of anilines is 2. The van der Waals surface area contributed by atoms with Gasteiger partial charge in [-0.3, -0.25) is 9.48 Å². The standard InChI is InChI=1S/C11H14N6O/c1-17-6-15-10(16-17)5-14-7-2-3-9(12)8(4-7)11(13)18/h2-4,6,14H,5,12H2,1H3,(H2,13,18). The van der Waals surface area contributed by atoms with Crippen LogP contribution in [0.4, 0.5) is 11.4 Å². The van der Waals surface area contributed by atoms with Crippen molar-refractivity contribution < 1.29 is 4.79 Å². The molecule has 0 saturated carbocycles. The van der Waals surface area contributed by atoms with Crippen LogP contribution in [-0.4, -0.2) is 20.7 Å². The van der Waals surface area contributed by atoms with E-state index in [1.807, 2.05) is 0 Å². The molecule has 1 aromatic heterocycles. The summed E-state index contributed by atoms with van der Waals surface area (Å²) in [4.78, 5) is 15.2. The summed E-state index contributed by atoms with van der Waals surface area (Å²) >= 11 is 0. The van der Waals surface area contributed by atoms with E-state index in [4.69, 9.17) is 11.5 Å². The van der Waals surface area contributed by atoms with Crippen molar-refractivity contribution in [3.05, 3.63) is 35.9 Å². The highest BCUT2D eigenvalue weighted by Crippen LogP contribution is 2.17. The van der Waals surface area contributed by atoms with E-state index in [9.17, 15) is 4.79 Å². The fraction of sp³-hybridized carbons (Fsp3) is 0.182. The zero-order valence-corrected chi connectivity index (χ0v) is 9.92. The third-order valence-corrected chi connectivity index (χ3v) is 2.42. The highest BCUT2D eigenvalue weighted by molar-refractivity contribution is 5.98. The lowest BCUT2D eigenvalue weighted by atomic mass is 10.1. The molecule has 0 bridgehead atoms. The Hall–Kier alpha value is -2.57. The van der Waals surface area contributed by atoms with Crippen LogP contribution in [0.25, 0.3) is 0 Å². The van der Waals surface area contributed by atoms with Crippen LogP contribution in [0.5, 0.6) is 0 Å². The number of nitrogens with one attached hydrogen (secondary N) is 1. The number of aromatic nitrogens is 3. The lowest BCUT2D eigenvalue weighted by Crippen LogP contribution is -2.14. The van der Waals surface area contributed by atoms with Crippen molar-refractivity contribution in [1.82, 2.24) is 14.8 Å². The number of amides is 1. The molecule has 0 aliphatic rings. The molecule has 7 heteroatoms. The molecule has 0 atom stereocenters. The first kappa shape index (κ1) is 11.9. The molecule has 2 rings (SSSR count). The SMILES string of the molecule is Cn1cnc(CNc2ccc(N)c(C(N)=O)c2)n1. The molecule has 1 heterocycles. The summed E-state index contributed by atoms with van der Waals surface area (Å²) in [6, 6.07) is 5.01. The molecule has 0 fully saturated rings. The van der Waals surface area contributed by atoms with Crippen molar-refractivity contribution in [2.24, 2.45) is 12.8 Å². The number of hydrogen-bond acceptors (Lipinski definition) is 5. The van der Waals surface area contributed by atoms with Crippen LogP contribution >= 0.6 is 0 Å². The smallest absolute Gasteiger partial charge is 0.250 e. The Morgan fingerprint density at radius 1 is 1.50 bits per heavy atom. The number of rotatable bonds is 4. The van der Waals surface area contributed by atoms with E-state index < -0.39 is 5.91 Å². The molecule has 0 saturated heterocycles. The van der Waals surface area contributed by atoms with Crippen LogP contribution in [0, 0.1) is 0 Å². The monoisotopic (exact) mass is 246 g/mol. The second-order valence-corrected chi connectivity index (χ2v) is 3.85. The molecule has 1 aromatic carbocycles. The Morgan fingerprint density at radius 2 is 2.28 bits per heavy atom. The fourth-order valence-corrected chi connectivity index (χ4v) is 1.53. The summed E-state index contributed by atoms with van der Waals surface area (Å²) in [6.45, 7) is 0.461. The quantitative estimate of drug-likeness (QED) is 0.663. The Morgan fingerprint density at radius 3 is 2.89 bits per heavy atom. The first-order valence-electron chi connectivity index (χ1n) is 5.34. The molecule has 2 aromatic rings. The lowest BCUT2D eigenvalue weighted by Gasteiger charge is -2.07. The number of benzene rings is 1. The number of nitrogens with two attached hydrogens (primary N) is 2. The van der Waals surface area contributed by atoms with E-state index >= 15 is 0 Å². The molecule has 0 radical (unpaired) electrons. The molecule has 0 aliphatic carbocycles. The first-order chi connectivity index (χ1) is 8.56. The van der Waals surface area contributed by atoms with Gasteiger partial charge in [0.15, 0.2) is 5.82 Å². The summed E-state index contributed by atoms with van der Waals surface area (Å²) in [5.74, 6) is 0.113. The van der Waals surface area contributed by atoms with E-state index in [1.54, 1.807) is 36.3 Å². The van der Waals surface area contributed by atoms with Crippen LogP contribution in [0.15, 0.2) is 24.5 Å². The molecule has 0 unspecified atom stereocenters. The van der Waals surface area contributed by atoms with Crippen molar-refractivity contribution in [1.29, 1.82) is 0 Å². The zero-order valence-electron chi connectivity index (χ0n) is 9.92. The van der Waals surface area contributed by atoms with Crippen molar-refractivity contribution >= 4 is 17.3 Å². The zero-order chi connectivity index (χ0) is 13.1. The average molecular weight is 246 g/mol. The van der Waals surface area contributed by atoms with Crippen molar-refractivity contribution in [3.63, 3.8) is 0 Å². The Balaban J connectivity index is 2.10. The highest BCUT2D eigenvalue weighted by atomic mass is 16.1. The summed E-state index contributed by atoms with van der Waals surface area (Å²) in [5, 5.41) is 7.22. The van der Waals surface area contributed by atoms with Crippen molar-refractivity contribution in [2.75, 3.05) is 11.1 Å². The predicted octanol–water partition coefficient (Wildman–Crippen LogP) is 0.108. The lowest BCUT2D eigenvalue weighted by molar-refractivity contribution is 0.100. The van der Waals surface area contributed by atoms with Gasteiger partial charge in [0.05, 0.1) is 12.1 Å². The molecular formula is C11H14N6O. The summed E-state index contributed by atoms with van der Waals surface area (Å²) in [6.07, 6.45) is 1.62. The third-order valence-electron chi connectivity index (χ3n) is 2.42. The molecule has 0 spiro atoms. The van der Waals surface area contributed by atoms with Crippen LogP contribution in [0.2, 0.25) is 0 Å². The minimum Gasteiger partial charge on any atom is -0.398 e. The maximum absolute atomic E-state index is 11.1.